The number of hydrogen-bond donors (Lipinski definition) is 0. The molecule has 0 aliphatic carbocycles. The number of carbonyl (C=O) groups excluding carboxylic acids is 1. The van der Waals surface area contributed by atoms with Gasteiger partial charge in [-0.2, -0.15) is 0 Å². The zero-order chi connectivity index (χ0) is 13.8. The molecule has 0 saturated carbocycles. The molecule has 5 heteroatoms. The van der Waals surface area contributed by atoms with Crippen molar-refractivity contribution in [3.8, 4) is 5.75 Å². The molecule has 0 amide bonds. The van der Waals surface area contributed by atoms with Gasteiger partial charge in [-0.05, 0) is 32.0 Å². The molecule has 0 saturated heterocycles. The van der Waals surface area contributed by atoms with E-state index in [1.807, 2.05) is 13.0 Å². The molecule has 1 aromatic carbocycles. The zero-order valence-electron chi connectivity index (χ0n) is 10.7. The van der Waals surface area contributed by atoms with Crippen LogP contribution in [-0.2, 0) is 6.61 Å². The maximum Gasteiger partial charge on any atom is 0.163 e. The summed E-state index contributed by atoms with van der Waals surface area (Å²) in [7, 11) is 0. The summed E-state index contributed by atoms with van der Waals surface area (Å²) in [5.41, 5.74) is 2.14. The topological polar surface area (TPSA) is 52.1 Å². The third-order valence-corrected chi connectivity index (χ3v) is 3.03. The van der Waals surface area contributed by atoms with Crippen molar-refractivity contribution in [2.45, 2.75) is 20.5 Å². The highest BCUT2D eigenvalue weighted by molar-refractivity contribution is 9.10. The largest absolute Gasteiger partial charge is 0.486 e. The van der Waals surface area contributed by atoms with Gasteiger partial charge in [-0.1, -0.05) is 15.9 Å². The van der Waals surface area contributed by atoms with Crippen molar-refractivity contribution < 1.29 is 9.53 Å². The molecule has 1 aromatic heterocycles. The molecule has 0 atom stereocenters. The Morgan fingerprint density at radius 1 is 1.32 bits per heavy atom. The second-order valence-electron chi connectivity index (χ2n) is 4.13. The number of aromatic nitrogens is 2. The Hall–Kier alpha value is -1.75. The number of Topliss-reactive ketones (excluding diaryl/α,β-unsaturated/α-hetero) is 1. The first-order chi connectivity index (χ1) is 9.06. The molecule has 0 aliphatic heterocycles. The van der Waals surface area contributed by atoms with Crippen LogP contribution < -0.4 is 4.74 Å². The lowest BCUT2D eigenvalue weighted by Crippen LogP contribution is -2.03. The zero-order valence-corrected chi connectivity index (χ0v) is 12.3. The summed E-state index contributed by atoms with van der Waals surface area (Å²) in [4.78, 5) is 19.9. The van der Waals surface area contributed by atoms with E-state index >= 15 is 0 Å². The van der Waals surface area contributed by atoms with Crippen LogP contribution in [0.3, 0.4) is 0 Å². The number of aryl methyl sites for hydroxylation is 1. The maximum atomic E-state index is 11.5. The number of carbonyl (C=O) groups is 1. The summed E-state index contributed by atoms with van der Waals surface area (Å²) in [5.74, 6) is 0.516. The molecule has 19 heavy (non-hydrogen) atoms. The van der Waals surface area contributed by atoms with E-state index in [-0.39, 0.29) is 12.4 Å². The van der Waals surface area contributed by atoms with Crippen LogP contribution in [0.4, 0.5) is 0 Å². The van der Waals surface area contributed by atoms with Crippen molar-refractivity contribution in [1.82, 2.24) is 9.97 Å². The van der Waals surface area contributed by atoms with E-state index in [0.717, 1.165) is 15.9 Å². The number of ether oxygens (including phenoxy) is 1. The number of halogens is 1. The molecular formula is C14H13BrN2O2. The van der Waals surface area contributed by atoms with Crippen molar-refractivity contribution in [3.05, 3.63) is 52.0 Å². The molecule has 1 heterocycles. The van der Waals surface area contributed by atoms with Crippen molar-refractivity contribution in [2.24, 2.45) is 0 Å². The van der Waals surface area contributed by atoms with Gasteiger partial charge < -0.3 is 4.74 Å². The van der Waals surface area contributed by atoms with Gasteiger partial charge in [0.05, 0.1) is 23.1 Å². The Kier molecular flexibility index (Phi) is 4.27. The summed E-state index contributed by atoms with van der Waals surface area (Å²) in [6.07, 6.45) is 3.35. The van der Waals surface area contributed by atoms with Crippen LogP contribution in [0.1, 0.15) is 28.7 Å². The second-order valence-corrected chi connectivity index (χ2v) is 5.05. The maximum absolute atomic E-state index is 11.5. The van der Waals surface area contributed by atoms with Gasteiger partial charge in [-0.15, -0.1) is 0 Å². The number of nitrogens with zero attached hydrogens (tertiary/aromatic N) is 2. The average Bonchev–Trinajstić information content (AvgIpc) is 2.38. The highest BCUT2D eigenvalue weighted by Crippen LogP contribution is 2.24. The number of rotatable bonds is 4. The summed E-state index contributed by atoms with van der Waals surface area (Å²) in [6.45, 7) is 3.67. The van der Waals surface area contributed by atoms with Crippen LogP contribution in [0.15, 0.2) is 35.1 Å². The predicted octanol–water partition coefficient (Wildman–Crippen LogP) is 3.33. The summed E-state index contributed by atoms with van der Waals surface area (Å²) >= 11 is 3.36. The quantitative estimate of drug-likeness (QED) is 0.811. The highest BCUT2D eigenvalue weighted by Gasteiger charge is 2.09. The monoisotopic (exact) mass is 320 g/mol. The number of benzene rings is 1. The normalized spacial score (nSPS) is 10.3. The molecule has 0 aliphatic rings. The van der Waals surface area contributed by atoms with E-state index in [1.165, 1.54) is 6.92 Å². The Morgan fingerprint density at radius 2 is 2.11 bits per heavy atom. The van der Waals surface area contributed by atoms with E-state index in [0.29, 0.717) is 11.3 Å². The minimum absolute atomic E-state index is 0.0301. The van der Waals surface area contributed by atoms with Gasteiger partial charge in [0.15, 0.2) is 5.78 Å². The summed E-state index contributed by atoms with van der Waals surface area (Å²) in [5, 5.41) is 0. The van der Waals surface area contributed by atoms with Crippen LogP contribution in [0.2, 0.25) is 0 Å². The van der Waals surface area contributed by atoms with Gasteiger partial charge in [0.2, 0.25) is 0 Å². The van der Waals surface area contributed by atoms with E-state index < -0.39 is 0 Å². The predicted molar refractivity (Wildman–Crippen MR) is 75.2 cm³/mol. The first kappa shape index (κ1) is 13.7. The van der Waals surface area contributed by atoms with Gasteiger partial charge in [0.1, 0.15) is 12.4 Å². The number of hydrogen-bond acceptors (Lipinski definition) is 4. The van der Waals surface area contributed by atoms with Gasteiger partial charge in [-0.3, -0.25) is 14.8 Å². The van der Waals surface area contributed by atoms with Crippen LogP contribution in [0, 0.1) is 6.92 Å². The van der Waals surface area contributed by atoms with Gasteiger partial charge >= 0.3 is 0 Å². The van der Waals surface area contributed by atoms with E-state index in [4.69, 9.17) is 4.74 Å². The van der Waals surface area contributed by atoms with Crippen molar-refractivity contribution in [1.29, 1.82) is 0 Å². The van der Waals surface area contributed by atoms with E-state index in [2.05, 4.69) is 25.9 Å². The van der Waals surface area contributed by atoms with Crippen molar-refractivity contribution >= 4 is 21.7 Å². The molecule has 2 rings (SSSR count). The average molecular weight is 321 g/mol. The first-order valence-electron chi connectivity index (χ1n) is 5.77. The van der Waals surface area contributed by atoms with Crippen molar-refractivity contribution in [2.75, 3.05) is 0 Å². The van der Waals surface area contributed by atoms with Gasteiger partial charge in [-0.25, -0.2) is 0 Å². The Balaban J connectivity index is 2.16. The van der Waals surface area contributed by atoms with E-state index in [9.17, 15) is 4.79 Å². The second kappa shape index (κ2) is 5.93. The third kappa shape index (κ3) is 3.61. The van der Waals surface area contributed by atoms with E-state index in [1.54, 1.807) is 24.5 Å². The molecule has 0 fully saturated rings. The molecule has 4 nitrogen and oxygen atoms in total. The fourth-order valence-electron chi connectivity index (χ4n) is 1.55. The molecular weight excluding hydrogens is 308 g/mol. The first-order valence-corrected chi connectivity index (χ1v) is 6.56. The minimum Gasteiger partial charge on any atom is -0.486 e. The SMILES string of the molecule is CC(=O)c1ccc(Br)cc1OCc1cnc(C)cn1. The van der Waals surface area contributed by atoms with Gasteiger partial charge in [0.25, 0.3) is 0 Å². The molecule has 2 aromatic rings. The van der Waals surface area contributed by atoms with Crippen LogP contribution in [0.5, 0.6) is 5.75 Å². The summed E-state index contributed by atoms with van der Waals surface area (Å²) < 4.78 is 6.52. The van der Waals surface area contributed by atoms with Crippen LogP contribution >= 0.6 is 15.9 Å². The Bertz CT molecular complexity index is 597. The minimum atomic E-state index is -0.0301. The molecule has 0 bridgehead atoms. The Morgan fingerprint density at radius 3 is 2.74 bits per heavy atom. The molecule has 0 unspecified atom stereocenters. The highest BCUT2D eigenvalue weighted by atomic mass is 79.9. The lowest BCUT2D eigenvalue weighted by Gasteiger charge is -2.09. The summed E-state index contributed by atoms with van der Waals surface area (Å²) in [6, 6.07) is 5.33. The molecule has 0 spiro atoms. The lowest BCUT2D eigenvalue weighted by molar-refractivity contribution is 0.101. The molecule has 98 valence electrons. The number of ketones is 1. The van der Waals surface area contributed by atoms with Crippen LogP contribution in [0.25, 0.3) is 0 Å². The smallest absolute Gasteiger partial charge is 0.163 e. The standard InChI is InChI=1S/C14H13BrN2O2/c1-9-6-17-12(7-16-9)8-19-14-5-11(15)3-4-13(14)10(2)18/h3-7H,8H2,1-2H3. The van der Waals surface area contributed by atoms with Crippen LogP contribution in [-0.4, -0.2) is 15.8 Å². The fourth-order valence-corrected chi connectivity index (χ4v) is 1.89. The molecule has 0 radical (unpaired) electrons. The third-order valence-electron chi connectivity index (χ3n) is 2.53. The van der Waals surface area contributed by atoms with Crippen molar-refractivity contribution in [3.63, 3.8) is 0 Å². The Labute approximate surface area is 120 Å². The fraction of sp³-hybridized carbons (Fsp3) is 0.214. The lowest BCUT2D eigenvalue weighted by atomic mass is 10.1. The molecule has 0 N–H and O–H groups in total. The van der Waals surface area contributed by atoms with Gasteiger partial charge in [0, 0.05) is 10.7 Å².